The Kier molecular flexibility index (Phi) is 36.0. The summed E-state index contributed by atoms with van der Waals surface area (Å²) in [6.07, 6.45) is 54.8. The van der Waals surface area contributed by atoms with Crippen molar-refractivity contribution in [2.24, 2.45) is 86.8 Å². The number of aromatic hydroxyl groups is 1. The van der Waals surface area contributed by atoms with E-state index in [-0.39, 0.29) is 119 Å². The molecule has 6 saturated carbocycles. The largest absolute Gasteiger partial charge is 0.505 e. The van der Waals surface area contributed by atoms with E-state index in [1.807, 2.05) is 11.8 Å². The van der Waals surface area contributed by atoms with Crippen LogP contribution in [0.3, 0.4) is 0 Å². The van der Waals surface area contributed by atoms with E-state index in [4.69, 9.17) is 4.74 Å². The second-order valence-corrected chi connectivity index (χ2v) is 44.1. The predicted molar refractivity (Wildman–Crippen MR) is 513 cm³/mol. The Balaban J connectivity index is 0.000000235. The summed E-state index contributed by atoms with van der Waals surface area (Å²) in [6.45, 7) is 22.7. The number of hydrogen-bond donors (Lipinski definition) is 11. The van der Waals surface area contributed by atoms with Gasteiger partial charge in [-0.15, -0.1) is 0 Å². The van der Waals surface area contributed by atoms with Gasteiger partial charge in [-0.05, 0) is 252 Å². The Hall–Kier alpha value is -7.60. The fraction of sp³-hybridized carbons (Fsp3) is 0.729. The van der Waals surface area contributed by atoms with Gasteiger partial charge in [0.15, 0.2) is 17.4 Å². The average molecular weight is 1830 g/mol. The van der Waals surface area contributed by atoms with Crippen molar-refractivity contribution in [1.29, 1.82) is 0 Å². The number of carboxylic acids is 1. The van der Waals surface area contributed by atoms with E-state index in [1.165, 1.54) is 185 Å². The molecule has 3 aliphatic heterocycles. The molecule has 0 bridgehead atoms. The number of allylic oxidation sites excluding steroid dienone is 5. The monoisotopic (exact) mass is 1830 g/mol. The van der Waals surface area contributed by atoms with Crippen LogP contribution in [0.1, 0.15) is 363 Å². The summed E-state index contributed by atoms with van der Waals surface area (Å²) in [5.74, 6) is 0.973. The first kappa shape index (κ1) is 101. The third kappa shape index (κ3) is 24.6. The van der Waals surface area contributed by atoms with Gasteiger partial charge in [-0.2, -0.15) is 11.8 Å². The molecule has 0 spiro atoms. The molecule has 2 aromatic rings. The van der Waals surface area contributed by atoms with Crippen molar-refractivity contribution in [1.82, 2.24) is 47.9 Å². The summed E-state index contributed by atoms with van der Waals surface area (Å²) in [4.78, 5) is 112. The number of fused-ring (bicyclic) bond motifs is 13. The van der Waals surface area contributed by atoms with E-state index in [0.717, 1.165) is 166 Å². The smallest absolute Gasteiger partial charge is 0.336 e. The maximum atomic E-state index is 14.7. The Labute approximate surface area is 784 Å². The van der Waals surface area contributed by atoms with Gasteiger partial charge in [-0.3, -0.25) is 33.6 Å². The highest BCUT2D eigenvalue weighted by molar-refractivity contribution is 8.00. The highest BCUT2D eigenvalue weighted by Gasteiger charge is 2.62. The maximum absolute atomic E-state index is 14.7. The van der Waals surface area contributed by atoms with E-state index in [0.29, 0.717) is 66.4 Å². The summed E-state index contributed by atoms with van der Waals surface area (Å²) in [7, 11) is 0. The van der Waals surface area contributed by atoms with Gasteiger partial charge >= 0.3 is 12.0 Å². The number of halogens is 2. The summed E-state index contributed by atoms with van der Waals surface area (Å²) in [5, 5.41) is 48.1. The number of aromatic carboxylic acids is 1. The number of urea groups is 1. The quantitative estimate of drug-likeness (QED) is 0.0167. The van der Waals surface area contributed by atoms with Gasteiger partial charge in [-0.25, -0.2) is 18.4 Å². The molecule has 11 N–H and O–H groups in total. The first-order valence-electron chi connectivity index (χ1n) is 51.7. The highest BCUT2D eigenvalue weighted by Crippen LogP contribution is 2.70. The molecule has 14 rings (SSSR count). The molecule has 12 aliphatic rings. The normalized spacial score (nSPS) is 30.9. The SMILES string of the molecule is CCCCCCCCCCC[C@@H](C)C1CCC2[C@@H]3CC=C4C[C@@H](NCCCNC(=O)CCNC(=O)CCNC(=O)c5ccc(C6c7cc(F)c(O)cc7OC7=CC(=O)C(F)=CC76)c(C(=O)O)c5)CCC4(C)C3CCC21C.CCCCC[C@@H](C)C1CCC2[C@@H]3CC=C4C[C@@H](NC(=O)CCNC(=O)CCCCCNC(=O)CCCC[C@@H]5SC[C@@H]6NC(=O)N[C@@H]65)CCC4(C)C3CCC21C. The molecule has 9 aliphatic carbocycles. The number of hydrogen-bond acceptors (Lipinski definition) is 13. The van der Waals surface area contributed by atoms with Gasteiger partial charge in [0.05, 0.1) is 17.6 Å². The molecule has 2 saturated heterocycles. The maximum Gasteiger partial charge on any atom is 0.336 e. The molecule has 21 atom stereocenters. The highest BCUT2D eigenvalue weighted by atomic mass is 32.2. The number of carbonyl (C=O) groups is 9. The van der Waals surface area contributed by atoms with Gasteiger partial charge in [0.1, 0.15) is 11.5 Å². The molecular weight excluding hydrogens is 1670 g/mol. The molecule has 3 heterocycles. The second kappa shape index (κ2) is 46.8. The molecule has 2 aromatic carbocycles. The van der Waals surface area contributed by atoms with Crippen LogP contribution in [0, 0.1) is 92.6 Å². The third-order valence-corrected chi connectivity index (χ3v) is 36.3. The number of nitrogens with one attached hydrogen (secondary N) is 9. The number of phenolic OH excluding ortho intramolecular Hbond substituents is 1. The van der Waals surface area contributed by atoms with Crippen LogP contribution in [-0.2, 0) is 28.8 Å². The molecule has 131 heavy (non-hydrogen) atoms. The van der Waals surface area contributed by atoms with Crippen LogP contribution in [0.25, 0.3) is 0 Å². The number of carbonyl (C=O) groups excluding carboxylic acids is 8. The van der Waals surface area contributed by atoms with Crippen LogP contribution in [0.2, 0.25) is 0 Å². The zero-order chi connectivity index (χ0) is 93.2. The lowest BCUT2D eigenvalue weighted by Gasteiger charge is -2.58. The second-order valence-electron chi connectivity index (χ2n) is 42.9. The number of ether oxygens (including phenoxy) is 1. The number of carboxylic acid groups (broad SMARTS) is 1. The van der Waals surface area contributed by atoms with Crippen LogP contribution in [0.15, 0.2) is 77.4 Å². The number of ketones is 1. The van der Waals surface area contributed by atoms with Gasteiger partial charge in [0, 0.05) is 123 Å². The minimum Gasteiger partial charge on any atom is -0.505 e. The molecule has 24 heteroatoms. The summed E-state index contributed by atoms with van der Waals surface area (Å²) < 4.78 is 35.0. The van der Waals surface area contributed by atoms with Gasteiger partial charge in [-0.1, -0.05) is 187 Å². The Bertz CT molecular complexity index is 4460. The average Bonchev–Trinajstić information content (AvgIpc) is 1.62. The number of thioether (sulfide) groups is 1. The van der Waals surface area contributed by atoms with Gasteiger partial charge in [0.2, 0.25) is 35.3 Å². The molecule has 724 valence electrons. The standard InChI is InChI=1S/C62H84F2N4O8.C45H75N5O4S/c1-5-6-7-8-9-10-11-12-13-15-38(2)47-20-21-48-43-19-17-40-33-41(22-26-61(40,3)49(43)23-27-62(47,48)4)65-28-14-29-66-56(71)24-30-67-57(72)25-31-68-59(73)39-16-18-42(44(32-39)60(74)75)58-45-34-50(63)52(69)36-54(45)76-55-37-53(70)51(64)35-46(55)58;1-5-6-8-13-30(2)34-19-20-35-33-18-17-31-28-32(21-24-44(31,3)36(33)22-25-45(34,35)4)48-41(53)23-27-47-40(52)15-9-7-12-26-46-39(51)16-11-10-14-38-42-37(29-55-38)49-43(54)50-42/h16-18,32,34-38,41,43,45,47-49,58,65,70H,5-15,19-31,33H2,1-4H3,(H,66,71)(H,67,72)(H,68,73)(H,74,75);17,30,32-38,42H,5-16,18-29H2,1-4H3,(H,46,51)(H,47,52)(H,48,53)(H2,49,50,54)/t38-,41+,43+,45?,47?,48?,49?,58?,61?,62?;30-,32+,33+,34?,35?,36?,37+,38+,42+,44?,45?/m11/s1. The molecule has 0 radical (unpaired) electrons. The van der Waals surface area contributed by atoms with Crippen LogP contribution in [-0.4, -0.2) is 138 Å². The van der Waals surface area contributed by atoms with Crippen molar-refractivity contribution >= 4 is 65.0 Å². The number of rotatable bonds is 45. The molecule has 12 unspecified atom stereocenters. The van der Waals surface area contributed by atoms with Crippen molar-refractivity contribution < 1.29 is 66.9 Å². The lowest BCUT2D eigenvalue weighted by molar-refractivity contribution is -0.124. The van der Waals surface area contributed by atoms with Gasteiger partial charge in [0.25, 0.3) is 5.91 Å². The number of benzene rings is 2. The van der Waals surface area contributed by atoms with Gasteiger partial charge < -0.3 is 62.8 Å². The van der Waals surface area contributed by atoms with E-state index >= 15 is 0 Å². The molecular formula is C107H159F2N9O12S. The molecule has 21 nitrogen and oxygen atoms in total. The van der Waals surface area contributed by atoms with E-state index in [9.17, 15) is 62.1 Å². The topological polar surface area (TPSA) is 312 Å². The van der Waals surface area contributed by atoms with E-state index < -0.39 is 46.9 Å². The van der Waals surface area contributed by atoms with Crippen molar-refractivity contribution in [3.8, 4) is 11.5 Å². The Morgan fingerprint density at radius 2 is 1.08 bits per heavy atom. The molecule has 8 fully saturated rings. The molecule has 0 aromatic heterocycles. The fourth-order valence-corrected chi connectivity index (χ4v) is 29.1. The Morgan fingerprint density at radius 3 is 1.70 bits per heavy atom. The third-order valence-electron chi connectivity index (χ3n) is 34.7. The summed E-state index contributed by atoms with van der Waals surface area (Å²) >= 11 is 1.91. The predicted octanol–water partition coefficient (Wildman–Crippen LogP) is 20.1. The zero-order valence-corrected chi connectivity index (χ0v) is 81.1. The first-order valence-corrected chi connectivity index (χ1v) is 52.7. The lowest BCUT2D eigenvalue weighted by Crippen LogP contribution is -2.52. The molecule has 8 amide bonds. The van der Waals surface area contributed by atoms with Crippen molar-refractivity contribution in [3.63, 3.8) is 0 Å². The fourth-order valence-electron chi connectivity index (χ4n) is 27.6. The van der Waals surface area contributed by atoms with E-state index in [1.54, 1.807) is 11.1 Å². The lowest BCUT2D eigenvalue weighted by atomic mass is 9.47. The van der Waals surface area contributed by atoms with Crippen LogP contribution >= 0.6 is 11.8 Å². The first-order chi connectivity index (χ1) is 63.0. The van der Waals surface area contributed by atoms with Crippen molar-refractivity contribution in [3.05, 3.63) is 105 Å². The number of phenols is 1. The summed E-state index contributed by atoms with van der Waals surface area (Å²) in [5.41, 5.74) is 4.72. The van der Waals surface area contributed by atoms with Crippen LogP contribution in [0.4, 0.5) is 13.6 Å². The number of unbranched alkanes of at least 4 members (excludes halogenated alkanes) is 13. The Morgan fingerprint density at radius 1 is 0.550 bits per heavy atom. The summed E-state index contributed by atoms with van der Waals surface area (Å²) in [6, 6.07) is 6.88. The minimum atomic E-state index is -1.42. The zero-order valence-electron chi connectivity index (χ0n) is 80.3. The van der Waals surface area contributed by atoms with Crippen LogP contribution < -0.4 is 52.6 Å². The van der Waals surface area contributed by atoms with Crippen molar-refractivity contribution in [2.75, 3.05) is 45.0 Å². The minimum absolute atomic E-state index is 0.00463. The van der Waals surface area contributed by atoms with Crippen LogP contribution in [0.5, 0.6) is 11.5 Å². The van der Waals surface area contributed by atoms with Crippen molar-refractivity contribution in [2.45, 2.75) is 360 Å². The number of amides is 8. The van der Waals surface area contributed by atoms with E-state index in [2.05, 4.69) is 115 Å².